The number of esters is 1. The van der Waals surface area contributed by atoms with Crippen molar-refractivity contribution in [1.82, 2.24) is 0 Å². The van der Waals surface area contributed by atoms with Gasteiger partial charge in [-0.3, -0.25) is 13.8 Å². The fourth-order valence-electron chi connectivity index (χ4n) is 2.81. The molecule has 8 heteroatoms. The molecule has 7 nitrogen and oxygen atoms in total. The van der Waals surface area contributed by atoms with Crippen molar-refractivity contribution in [2.75, 3.05) is 40.9 Å². The average Bonchev–Trinajstić information content (AvgIpc) is 2.77. The smallest absolute Gasteiger partial charge is 0.435 e. The van der Waals surface area contributed by atoms with Gasteiger partial charge in [0.25, 0.3) is 0 Å². The summed E-state index contributed by atoms with van der Waals surface area (Å²) < 4.78 is 27.0. The number of hydrogen-bond acceptors (Lipinski definition) is 5. The van der Waals surface area contributed by atoms with E-state index in [9.17, 15) is 14.3 Å². The van der Waals surface area contributed by atoms with Crippen molar-refractivity contribution in [3.63, 3.8) is 0 Å². The van der Waals surface area contributed by atoms with Gasteiger partial charge in [0, 0.05) is 6.42 Å². The van der Waals surface area contributed by atoms with Crippen LogP contribution in [0.15, 0.2) is 48.8 Å². The molecule has 0 saturated carbocycles. The van der Waals surface area contributed by atoms with Crippen molar-refractivity contribution >= 4 is 13.8 Å². The van der Waals surface area contributed by atoms with Crippen molar-refractivity contribution in [2.45, 2.75) is 77.6 Å². The second-order valence-corrected chi connectivity index (χ2v) is 10.9. The highest BCUT2D eigenvalue weighted by molar-refractivity contribution is 7.47. The molecular weight excluding hydrogens is 465 g/mol. The van der Waals surface area contributed by atoms with Crippen LogP contribution in [0.5, 0.6) is 0 Å². The number of unbranched alkanes of at least 4 members (excludes halogenated alkanes) is 6. The maximum atomic E-state index is 11.7. The number of likely N-dealkylation sites (N-methyl/N-ethyl adjacent to an activating group) is 1. The number of allylic oxidation sites excluding steroid dienone is 6. The van der Waals surface area contributed by atoms with Crippen molar-refractivity contribution in [3.05, 3.63) is 48.8 Å². The van der Waals surface area contributed by atoms with E-state index in [1.54, 1.807) is 0 Å². The van der Waals surface area contributed by atoms with Crippen LogP contribution in [0.3, 0.4) is 0 Å². The first-order valence-electron chi connectivity index (χ1n) is 12.9. The summed E-state index contributed by atoms with van der Waals surface area (Å²) in [7, 11) is 1.77. The molecule has 0 aromatic carbocycles. The van der Waals surface area contributed by atoms with Crippen LogP contribution in [-0.4, -0.2) is 56.2 Å². The summed E-state index contributed by atoms with van der Waals surface area (Å²) in [5.74, 6) is -0.320. The molecule has 0 aromatic heterocycles. The lowest BCUT2D eigenvalue weighted by molar-refractivity contribution is -0.870. The summed E-state index contributed by atoms with van der Waals surface area (Å²) in [6.07, 6.45) is 27.0. The third kappa shape index (κ3) is 26.9. The van der Waals surface area contributed by atoms with E-state index in [0.29, 0.717) is 17.4 Å². The molecule has 0 rings (SSSR count). The Kier molecular flexibility index (Phi) is 20.8. The number of phosphoric acid groups is 1. The van der Waals surface area contributed by atoms with Crippen molar-refractivity contribution in [3.8, 4) is 0 Å². The minimum Gasteiger partial charge on any atom is -0.435 e. The molecule has 0 aromatic rings. The van der Waals surface area contributed by atoms with Gasteiger partial charge in [0.2, 0.25) is 0 Å². The van der Waals surface area contributed by atoms with E-state index in [0.717, 1.165) is 44.9 Å². The van der Waals surface area contributed by atoms with Crippen LogP contribution in [0.2, 0.25) is 0 Å². The van der Waals surface area contributed by atoms with Gasteiger partial charge in [0.1, 0.15) is 13.2 Å². The van der Waals surface area contributed by atoms with E-state index in [-0.39, 0.29) is 19.2 Å². The number of carbonyl (C=O) groups excluding carboxylic acids is 1. The Hall–Kier alpha value is -1.50. The fraction of sp³-hybridized carbons (Fsp3) is 0.667. The Balaban J connectivity index is 3.63. The molecule has 1 unspecified atom stereocenters. The van der Waals surface area contributed by atoms with Gasteiger partial charge in [-0.15, -0.1) is 0 Å². The van der Waals surface area contributed by atoms with Gasteiger partial charge in [-0.25, -0.2) is 4.57 Å². The molecule has 0 aliphatic heterocycles. The molecular formula is C27H49NO6P+. The molecule has 0 amide bonds. The molecule has 0 bridgehead atoms. The Morgan fingerprint density at radius 3 is 2.06 bits per heavy atom. The third-order valence-electron chi connectivity index (χ3n) is 4.92. The molecule has 0 aliphatic carbocycles. The van der Waals surface area contributed by atoms with Crippen LogP contribution in [0, 0.1) is 0 Å². The molecule has 0 spiro atoms. The summed E-state index contributed by atoms with van der Waals surface area (Å²) in [6, 6.07) is 0. The van der Waals surface area contributed by atoms with Crippen molar-refractivity contribution < 1.29 is 32.5 Å². The summed E-state index contributed by atoms with van der Waals surface area (Å²) in [6.45, 7) is 2.72. The van der Waals surface area contributed by atoms with Crippen LogP contribution in [-0.2, 0) is 23.1 Å². The Labute approximate surface area is 213 Å². The van der Waals surface area contributed by atoms with Gasteiger partial charge in [-0.05, 0) is 44.6 Å². The molecule has 0 fully saturated rings. The lowest BCUT2D eigenvalue weighted by Gasteiger charge is -2.23. The third-order valence-corrected chi connectivity index (χ3v) is 5.90. The van der Waals surface area contributed by atoms with Crippen LogP contribution < -0.4 is 0 Å². The van der Waals surface area contributed by atoms with Gasteiger partial charge in [0.15, 0.2) is 0 Å². The molecule has 202 valence electrons. The maximum Gasteiger partial charge on any atom is 0.472 e. The van der Waals surface area contributed by atoms with E-state index in [1.807, 2.05) is 21.1 Å². The van der Waals surface area contributed by atoms with Gasteiger partial charge in [0.05, 0.1) is 34.0 Å². The molecule has 1 N–H and O–H groups in total. The first-order chi connectivity index (χ1) is 16.7. The molecule has 1 atom stereocenters. The molecule has 35 heavy (non-hydrogen) atoms. The molecule has 0 heterocycles. The minimum absolute atomic E-state index is 0.112. The highest BCUT2D eigenvalue weighted by Crippen LogP contribution is 2.42. The quantitative estimate of drug-likeness (QED) is 0.0424. The zero-order valence-corrected chi connectivity index (χ0v) is 23.3. The average molecular weight is 515 g/mol. The van der Waals surface area contributed by atoms with Gasteiger partial charge < -0.3 is 14.1 Å². The highest BCUT2D eigenvalue weighted by Gasteiger charge is 2.21. The normalized spacial score (nSPS) is 14.5. The number of quaternary nitrogens is 1. The summed E-state index contributed by atoms with van der Waals surface area (Å²) in [5.41, 5.74) is 0. The maximum absolute atomic E-state index is 11.7. The number of nitrogens with zero attached hydrogens (tertiary/aromatic N) is 1. The number of carbonyl (C=O) groups is 1. The van der Waals surface area contributed by atoms with E-state index in [2.05, 4.69) is 43.4 Å². The van der Waals surface area contributed by atoms with E-state index in [4.69, 9.17) is 13.8 Å². The lowest BCUT2D eigenvalue weighted by atomic mass is 10.1. The molecule has 0 radical (unpaired) electrons. The Morgan fingerprint density at radius 2 is 1.43 bits per heavy atom. The zero-order valence-electron chi connectivity index (χ0n) is 22.4. The molecule has 0 aliphatic rings. The number of rotatable bonds is 22. The number of ether oxygens (including phenoxy) is 1. The summed E-state index contributed by atoms with van der Waals surface area (Å²) in [5, 5.41) is 0. The minimum atomic E-state index is -4.10. The first kappa shape index (κ1) is 33.5. The van der Waals surface area contributed by atoms with Gasteiger partial charge in [-0.1, -0.05) is 69.1 Å². The van der Waals surface area contributed by atoms with Crippen LogP contribution in [0.25, 0.3) is 0 Å². The van der Waals surface area contributed by atoms with E-state index in [1.165, 1.54) is 31.6 Å². The van der Waals surface area contributed by atoms with Crippen molar-refractivity contribution in [2.24, 2.45) is 0 Å². The largest absolute Gasteiger partial charge is 0.472 e. The molecule has 0 saturated heterocycles. The monoisotopic (exact) mass is 514 g/mol. The summed E-state index contributed by atoms with van der Waals surface area (Å²) >= 11 is 0. The van der Waals surface area contributed by atoms with Crippen molar-refractivity contribution in [1.29, 1.82) is 0 Å². The Morgan fingerprint density at radius 1 is 0.829 bits per heavy atom. The number of hydrogen-bond donors (Lipinski definition) is 1. The second kappa shape index (κ2) is 21.8. The van der Waals surface area contributed by atoms with Crippen LogP contribution >= 0.6 is 7.82 Å². The first-order valence-corrected chi connectivity index (χ1v) is 14.4. The van der Waals surface area contributed by atoms with Crippen LogP contribution in [0.1, 0.15) is 77.6 Å². The lowest BCUT2D eigenvalue weighted by Crippen LogP contribution is -2.37. The van der Waals surface area contributed by atoms with E-state index >= 15 is 0 Å². The van der Waals surface area contributed by atoms with Gasteiger partial charge >= 0.3 is 13.8 Å². The standard InChI is InChI=1S/C27H48NO6P/c1-5-6-7-8-9-10-11-12-13-14-15-16-17-18-19-20-22-27(29)32-24-21-25-33-35(30,31)34-26-23-28(2,3)4/h8-9,11-12,14-15,21,24H,5-7,10,13,16-20,22-23,25-26H2,1-4H3/p+1. The SMILES string of the molecule is CCCCC=CCC=CCC=CCCCCCCC(=O)OC=CCOP(=O)(O)OCC[N+](C)(C)C. The predicted molar refractivity (Wildman–Crippen MR) is 144 cm³/mol. The van der Waals surface area contributed by atoms with Crippen LogP contribution in [0.4, 0.5) is 0 Å². The fourth-order valence-corrected chi connectivity index (χ4v) is 3.47. The summed E-state index contributed by atoms with van der Waals surface area (Å²) in [4.78, 5) is 21.3. The number of phosphoric ester groups is 1. The second-order valence-electron chi connectivity index (χ2n) is 9.45. The zero-order chi connectivity index (χ0) is 26.3. The van der Waals surface area contributed by atoms with E-state index < -0.39 is 7.82 Å². The Bertz CT molecular complexity index is 694. The van der Waals surface area contributed by atoms with Gasteiger partial charge in [-0.2, -0.15) is 0 Å². The topological polar surface area (TPSA) is 82.1 Å². The highest BCUT2D eigenvalue weighted by atomic mass is 31.2. The predicted octanol–water partition coefficient (Wildman–Crippen LogP) is 6.86.